The molecular formula is C19H24N4O4. The third kappa shape index (κ3) is 4.10. The van der Waals surface area contributed by atoms with E-state index in [0.717, 1.165) is 5.56 Å². The molecule has 2 heterocycles. The second-order valence-corrected chi connectivity index (χ2v) is 6.50. The number of carbonyl (C=O) groups is 2. The van der Waals surface area contributed by atoms with E-state index < -0.39 is 0 Å². The molecule has 0 radical (unpaired) electrons. The van der Waals surface area contributed by atoms with Crippen LogP contribution >= 0.6 is 0 Å². The number of benzene rings is 1. The fraction of sp³-hybridized carbons (Fsp3) is 0.474. The number of aryl methyl sites for hydroxylation is 1. The molecule has 1 aliphatic rings. The number of rotatable bonds is 6. The Kier molecular flexibility index (Phi) is 5.73. The van der Waals surface area contributed by atoms with Crippen LogP contribution in [0.4, 0.5) is 0 Å². The number of amides is 2. The molecule has 2 aromatic rings. The SMILES string of the molecule is CCN1C(=O)CC[C@@H](C(=O)NCc2nc(C)no2)[C@@H]1c1cccc(OC)c1. The molecule has 27 heavy (non-hydrogen) atoms. The zero-order valence-electron chi connectivity index (χ0n) is 15.8. The Labute approximate surface area is 157 Å². The summed E-state index contributed by atoms with van der Waals surface area (Å²) in [6, 6.07) is 7.19. The Bertz CT molecular complexity index is 820. The Morgan fingerprint density at radius 1 is 1.44 bits per heavy atom. The predicted molar refractivity (Wildman–Crippen MR) is 96.7 cm³/mol. The van der Waals surface area contributed by atoms with Gasteiger partial charge in [-0.05, 0) is 38.0 Å². The van der Waals surface area contributed by atoms with Crippen LogP contribution in [-0.4, -0.2) is 40.5 Å². The molecule has 3 rings (SSSR count). The third-order valence-corrected chi connectivity index (χ3v) is 4.80. The van der Waals surface area contributed by atoms with E-state index in [1.165, 1.54) is 0 Å². The zero-order chi connectivity index (χ0) is 19.4. The molecule has 8 nitrogen and oxygen atoms in total. The topological polar surface area (TPSA) is 97.6 Å². The van der Waals surface area contributed by atoms with Crippen LogP contribution in [0.3, 0.4) is 0 Å². The summed E-state index contributed by atoms with van der Waals surface area (Å²) in [7, 11) is 1.60. The lowest BCUT2D eigenvalue weighted by atomic mass is 9.83. The molecule has 8 heteroatoms. The van der Waals surface area contributed by atoms with Crippen molar-refractivity contribution in [3.8, 4) is 5.75 Å². The number of piperidine rings is 1. The monoisotopic (exact) mass is 372 g/mol. The summed E-state index contributed by atoms with van der Waals surface area (Å²) < 4.78 is 10.4. The first kappa shape index (κ1) is 18.9. The van der Waals surface area contributed by atoms with Gasteiger partial charge in [0.1, 0.15) is 5.75 Å². The highest BCUT2D eigenvalue weighted by atomic mass is 16.5. The molecule has 1 saturated heterocycles. The maximum Gasteiger partial charge on any atom is 0.246 e. The number of hydrogen-bond acceptors (Lipinski definition) is 6. The van der Waals surface area contributed by atoms with Crippen molar-refractivity contribution in [2.45, 2.75) is 39.3 Å². The van der Waals surface area contributed by atoms with Crippen LogP contribution in [0.2, 0.25) is 0 Å². The molecular weight excluding hydrogens is 348 g/mol. The first-order valence-corrected chi connectivity index (χ1v) is 9.03. The Morgan fingerprint density at radius 3 is 2.93 bits per heavy atom. The van der Waals surface area contributed by atoms with E-state index in [1.54, 1.807) is 18.9 Å². The van der Waals surface area contributed by atoms with Crippen LogP contribution in [0.5, 0.6) is 5.75 Å². The van der Waals surface area contributed by atoms with Crippen LogP contribution in [0.15, 0.2) is 28.8 Å². The standard InChI is InChI=1S/C19H24N4O4/c1-4-23-17(24)9-8-15(18(23)13-6-5-7-14(10-13)26-3)19(25)20-11-16-21-12(2)22-27-16/h5-7,10,15,18H,4,8-9,11H2,1-3H3,(H,20,25)/t15-,18+/m1/s1. The minimum atomic E-state index is -0.362. The molecule has 1 fully saturated rings. The lowest BCUT2D eigenvalue weighted by molar-refractivity contribution is -0.143. The van der Waals surface area contributed by atoms with E-state index in [0.29, 0.717) is 36.9 Å². The second kappa shape index (κ2) is 8.20. The highest BCUT2D eigenvalue weighted by Crippen LogP contribution is 2.37. The third-order valence-electron chi connectivity index (χ3n) is 4.80. The quantitative estimate of drug-likeness (QED) is 0.833. The van der Waals surface area contributed by atoms with Gasteiger partial charge in [-0.3, -0.25) is 9.59 Å². The highest BCUT2D eigenvalue weighted by molar-refractivity contribution is 5.85. The molecule has 0 spiro atoms. The average Bonchev–Trinajstić information content (AvgIpc) is 3.11. The molecule has 144 valence electrons. The summed E-state index contributed by atoms with van der Waals surface area (Å²) in [6.45, 7) is 4.35. The second-order valence-electron chi connectivity index (χ2n) is 6.50. The van der Waals surface area contributed by atoms with Gasteiger partial charge in [-0.15, -0.1) is 0 Å². The van der Waals surface area contributed by atoms with Gasteiger partial charge in [-0.1, -0.05) is 17.3 Å². The van der Waals surface area contributed by atoms with E-state index in [-0.39, 0.29) is 30.3 Å². The van der Waals surface area contributed by atoms with Crippen molar-refractivity contribution >= 4 is 11.8 Å². The van der Waals surface area contributed by atoms with E-state index in [2.05, 4.69) is 15.5 Å². The number of nitrogens with one attached hydrogen (secondary N) is 1. The van der Waals surface area contributed by atoms with Gasteiger partial charge in [0.05, 0.1) is 25.6 Å². The van der Waals surface area contributed by atoms with Gasteiger partial charge in [0.15, 0.2) is 5.82 Å². The van der Waals surface area contributed by atoms with Crippen molar-refractivity contribution in [1.82, 2.24) is 20.4 Å². The van der Waals surface area contributed by atoms with Crippen LogP contribution in [0.1, 0.15) is 43.1 Å². The summed E-state index contributed by atoms with van der Waals surface area (Å²) in [5.41, 5.74) is 0.887. The molecule has 1 aromatic carbocycles. The first-order chi connectivity index (χ1) is 13.0. The van der Waals surface area contributed by atoms with E-state index in [4.69, 9.17) is 9.26 Å². The molecule has 2 atom stereocenters. The smallest absolute Gasteiger partial charge is 0.246 e. The van der Waals surface area contributed by atoms with Gasteiger partial charge < -0.3 is 19.5 Å². The number of methoxy groups -OCH3 is 1. The van der Waals surface area contributed by atoms with E-state index >= 15 is 0 Å². The van der Waals surface area contributed by atoms with Crippen LogP contribution in [0, 0.1) is 12.8 Å². The van der Waals surface area contributed by atoms with Gasteiger partial charge in [0.25, 0.3) is 0 Å². The van der Waals surface area contributed by atoms with Crippen LogP contribution in [-0.2, 0) is 16.1 Å². The number of likely N-dealkylation sites (tertiary alicyclic amines) is 1. The number of aromatic nitrogens is 2. The van der Waals surface area contributed by atoms with Gasteiger partial charge in [-0.25, -0.2) is 0 Å². The fourth-order valence-corrected chi connectivity index (χ4v) is 3.54. The van der Waals surface area contributed by atoms with Crippen molar-refractivity contribution in [3.05, 3.63) is 41.5 Å². The lowest BCUT2D eigenvalue weighted by Crippen LogP contribution is -2.47. The summed E-state index contributed by atoms with van der Waals surface area (Å²) >= 11 is 0. The van der Waals surface area contributed by atoms with Crippen molar-refractivity contribution < 1.29 is 18.8 Å². The van der Waals surface area contributed by atoms with E-state index in [9.17, 15) is 9.59 Å². The minimum absolute atomic E-state index is 0.0573. The maximum atomic E-state index is 12.9. The normalized spacial score (nSPS) is 19.8. The summed E-state index contributed by atoms with van der Waals surface area (Å²) in [5.74, 6) is 1.14. The highest BCUT2D eigenvalue weighted by Gasteiger charge is 2.40. The molecule has 1 aromatic heterocycles. The lowest BCUT2D eigenvalue weighted by Gasteiger charge is -2.40. The Balaban J connectivity index is 1.83. The Morgan fingerprint density at radius 2 is 2.26 bits per heavy atom. The molecule has 2 amide bonds. The Hall–Kier alpha value is -2.90. The van der Waals surface area contributed by atoms with Crippen molar-refractivity contribution in [2.75, 3.05) is 13.7 Å². The maximum absolute atomic E-state index is 12.9. The largest absolute Gasteiger partial charge is 0.497 e. The molecule has 0 aliphatic carbocycles. The number of hydrogen-bond donors (Lipinski definition) is 1. The van der Waals surface area contributed by atoms with Gasteiger partial charge >= 0.3 is 0 Å². The number of nitrogens with zero attached hydrogens (tertiary/aromatic N) is 3. The van der Waals surface area contributed by atoms with Crippen LogP contribution < -0.4 is 10.1 Å². The summed E-state index contributed by atoms with van der Waals surface area (Å²) in [6.07, 6.45) is 0.845. The minimum Gasteiger partial charge on any atom is -0.497 e. The molecule has 0 saturated carbocycles. The molecule has 0 unspecified atom stereocenters. The van der Waals surface area contributed by atoms with Crippen molar-refractivity contribution in [1.29, 1.82) is 0 Å². The van der Waals surface area contributed by atoms with Crippen molar-refractivity contribution in [3.63, 3.8) is 0 Å². The number of ether oxygens (including phenoxy) is 1. The van der Waals surface area contributed by atoms with Gasteiger partial charge in [-0.2, -0.15) is 4.98 Å². The predicted octanol–water partition coefficient (Wildman–Crippen LogP) is 2.00. The molecule has 1 aliphatic heterocycles. The van der Waals surface area contributed by atoms with E-state index in [1.807, 2.05) is 31.2 Å². The first-order valence-electron chi connectivity index (χ1n) is 9.03. The average molecular weight is 372 g/mol. The van der Waals surface area contributed by atoms with Gasteiger partial charge in [0.2, 0.25) is 17.7 Å². The van der Waals surface area contributed by atoms with Gasteiger partial charge in [0, 0.05) is 13.0 Å². The molecule has 1 N–H and O–H groups in total. The van der Waals surface area contributed by atoms with Crippen LogP contribution in [0.25, 0.3) is 0 Å². The zero-order valence-corrected chi connectivity index (χ0v) is 15.8. The summed E-state index contributed by atoms with van der Waals surface area (Å²) in [4.78, 5) is 31.2. The van der Waals surface area contributed by atoms with Crippen molar-refractivity contribution in [2.24, 2.45) is 5.92 Å². The number of carbonyl (C=O) groups excluding carboxylic acids is 2. The molecule has 0 bridgehead atoms. The fourth-order valence-electron chi connectivity index (χ4n) is 3.54. The summed E-state index contributed by atoms with van der Waals surface area (Å²) in [5, 5.41) is 6.59.